The Balaban J connectivity index is 2.18. The lowest BCUT2D eigenvalue weighted by Gasteiger charge is -2.16. The summed E-state index contributed by atoms with van der Waals surface area (Å²) in [5.41, 5.74) is 2.05. The zero-order chi connectivity index (χ0) is 13.1. The van der Waals surface area contributed by atoms with Crippen LogP contribution in [-0.4, -0.2) is 4.98 Å². The molecular weight excluding hydrogens is 264 g/mol. The summed E-state index contributed by atoms with van der Waals surface area (Å²) in [7, 11) is 0. The molecule has 2 aromatic heterocycles. The van der Waals surface area contributed by atoms with Gasteiger partial charge >= 0.3 is 0 Å². The number of nitrogens with one attached hydrogen (secondary N) is 1. The van der Waals surface area contributed by atoms with Gasteiger partial charge in [0, 0.05) is 16.0 Å². The van der Waals surface area contributed by atoms with Gasteiger partial charge in [-0.2, -0.15) is 0 Å². The van der Waals surface area contributed by atoms with Gasteiger partial charge in [-0.25, -0.2) is 4.98 Å². The number of hydrogen-bond acceptors (Lipinski definition) is 3. The van der Waals surface area contributed by atoms with Gasteiger partial charge in [-0.05, 0) is 44.0 Å². The topological polar surface area (TPSA) is 24.9 Å². The average molecular weight is 281 g/mol. The van der Waals surface area contributed by atoms with Crippen molar-refractivity contribution in [3.63, 3.8) is 0 Å². The number of anilines is 1. The summed E-state index contributed by atoms with van der Waals surface area (Å²) in [6, 6.07) is 6.58. The van der Waals surface area contributed by atoms with Crippen molar-refractivity contribution >= 4 is 28.6 Å². The second-order valence-electron chi connectivity index (χ2n) is 4.32. The largest absolute Gasteiger partial charge is 0.375 e. The first-order valence-electron chi connectivity index (χ1n) is 6.08. The minimum Gasteiger partial charge on any atom is -0.375 e. The second-order valence-corrected chi connectivity index (χ2v) is 5.88. The lowest BCUT2D eigenvalue weighted by Crippen LogP contribution is -2.07. The molecule has 18 heavy (non-hydrogen) atoms. The van der Waals surface area contributed by atoms with Crippen LogP contribution in [0.4, 0.5) is 5.69 Å². The maximum Gasteiger partial charge on any atom is 0.152 e. The van der Waals surface area contributed by atoms with Crippen LogP contribution in [0.15, 0.2) is 24.4 Å². The van der Waals surface area contributed by atoms with E-state index in [4.69, 9.17) is 11.6 Å². The molecule has 1 unspecified atom stereocenters. The molecule has 0 aliphatic carbocycles. The Morgan fingerprint density at radius 1 is 1.39 bits per heavy atom. The van der Waals surface area contributed by atoms with Crippen molar-refractivity contribution < 1.29 is 0 Å². The van der Waals surface area contributed by atoms with Gasteiger partial charge in [0.2, 0.25) is 0 Å². The lowest BCUT2D eigenvalue weighted by atomic mass is 10.2. The molecule has 0 fully saturated rings. The molecule has 0 aromatic carbocycles. The predicted molar refractivity (Wildman–Crippen MR) is 79.7 cm³/mol. The van der Waals surface area contributed by atoms with Crippen LogP contribution in [-0.2, 0) is 6.42 Å². The first kappa shape index (κ1) is 13.4. The zero-order valence-corrected chi connectivity index (χ0v) is 12.4. The van der Waals surface area contributed by atoms with Crippen LogP contribution in [0.3, 0.4) is 0 Å². The number of hydrogen-bond donors (Lipinski definition) is 1. The minimum absolute atomic E-state index is 0.246. The molecule has 0 spiro atoms. The van der Waals surface area contributed by atoms with Gasteiger partial charge in [0.05, 0.1) is 11.7 Å². The Kier molecular flexibility index (Phi) is 4.25. The Hall–Kier alpha value is -1.06. The van der Waals surface area contributed by atoms with Gasteiger partial charge in [0.15, 0.2) is 5.15 Å². The van der Waals surface area contributed by atoms with Gasteiger partial charge in [-0.15, -0.1) is 11.3 Å². The third-order valence-electron chi connectivity index (χ3n) is 2.93. The number of halogens is 1. The number of thiophene rings is 1. The van der Waals surface area contributed by atoms with Crippen LogP contribution in [0, 0.1) is 6.92 Å². The molecule has 0 radical (unpaired) electrons. The molecule has 2 nitrogen and oxygen atoms in total. The summed E-state index contributed by atoms with van der Waals surface area (Å²) in [5, 5.41) is 3.98. The molecule has 0 bridgehead atoms. The molecule has 96 valence electrons. The second kappa shape index (κ2) is 5.72. The summed E-state index contributed by atoms with van der Waals surface area (Å²) < 4.78 is 0. The van der Waals surface area contributed by atoms with E-state index >= 15 is 0 Å². The Labute approximate surface area is 117 Å². The molecule has 1 atom stereocenters. The van der Waals surface area contributed by atoms with Crippen molar-refractivity contribution in [2.24, 2.45) is 0 Å². The smallest absolute Gasteiger partial charge is 0.152 e. The summed E-state index contributed by atoms with van der Waals surface area (Å²) in [5.74, 6) is 0. The summed E-state index contributed by atoms with van der Waals surface area (Å²) >= 11 is 7.97. The zero-order valence-electron chi connectivity index (χ0n) is 10.8. The van der Waals surface area contributed by atoms with Crippen LogP contribution in [0.25, 0.3) is 0 Å². The molecule has 2 heterocycles. The first-order valence-corrected chi connectivity index (χ1v) is 7.27. The van der Waals surface area contributed by atoms with E-state index in [0.29, 0.717) is 5.15 Å². The van der Waals surface area contributed by atoms with Crippen LogP contribution in [0.5, 0.6) is 0 Å². The van der Waals surface area contributed by atoms with E-state index in [1.54, 1.807) is 6.20 Å². The minimum atomic E-state index is 0.246. The van der Waals surface area contributed by atoms with E-state index in [-0.39, 0.29) is 6.04 Å². The highest BCUT2D eigenvalue weighted by atomic mass is 35.5. The number of aryl methyl sites for hydroxylation is 2. The Bertz CT molecular complexity index is 516. The van der Waals surface area contributed by atoms with Crippen molar-refractivity contribution in [3.8, 4) is 0 Å². The summed E-state index contributed by atoms with van der Waals surface area (Å²) in [4.78, 5) is 6.85. The fraction of sp³-hybridized carbons (Fsp3) is 0.357. The standard InChI is InChI=1S/C14H17ClN2S/c1-4-11-5-6-12(18-11)10(3)17-13-9(2)7-8-16-14(13)15/h5-8,10,17H,4H2,1-3H3. The third kappa shape index (κ3) is 2.85. The van der Waals surface area contributed by atoms with Gasteiger partial charge < -0.3 is 5.32 Å². The van der Waals surface area contributed by atoms with Crippen molar-refractivity contribution in [1.82, 2.24) is 4.98 Å². The van der Waals surface area contributed by atoms with Gasteiger partial charge in [-0.1, -0.05) is 18.5 Å². The molecule has 2 aromatic rings. The van der Waals surface area contributed by atoms with Crippen molar-refractivity contribution in [1.29, 1.82) is 0 Å². The van der Waals surface area contributed by atoms with E-state index in [1.807, 2.05) is 24.3 Å². The van der Waals surface area contributed by atoms with E-state index < -0.39 is 0 Å². The van der Waals surface area contributed by atoms with E-state index in [1.165, 1.54) is 9.75 Å². The number of aromatic nitrogens is 1. The molecule has 0 aliphatic rings. The van der Waals surface area contributed by atoms with Gasteiger partial charge in [0.25, 0.3) is 0 Å². The predicted octanol–water partition coefficient (Wildman–Crippen LogP) is 4.84. The molecule has 1 N–H and O–H groups in total. The number of rotatable bonds is 4. The fourth-order valence-electron chi connectivity index (χ4n) is 1.80. The molecule has 2 rings (SSSR count). The fourth-order valence-corrected chi connectivity index (χ4v) is 3.02. The lowest BCUT2D eigenvalue weighted by molar-refractivity contribution is 0.903. The van der Waals surface area contributed by atoms with Crippen LogP contribution >= 0.6 is 22.9 Å². The SMILES string of the molecule is CCc1ccc(C(C)Nc2c(C)ccnc2Cl)s1. The molecular formula is C14H17ClN2S. The van der Waals surface area contributed by atoms with Crippen molar-refractivity contribution in [2.75, 3.05) is 5.32 Å². The van der Waals surface area contributed by atoms with E-state index in [0.717, 1.165) is 17.7 Å². The van der Waals surface area contributed by atoms with Crippen LogP contribution in [0.1, 0.15) is 35.2 Å². The van der Waals surface area contributed by atoms with Crippen LogP contribution < -0.4 is 5.32 Å². The first-order chi connectivity index (χ1) is 8.61. The van der Waals surface area contributed by atoms with Crippen molar-refractivity contribution in [3.05, 3.63) is 44.9 Å². The average Bonchev–Trinajstić information content (AvgIpc) is 2.82. The van der Waals surface area contributed by atoms with E-state index in [2.05, 4.69) is 36.3 Å². The van der Waals surface area contributed by atoms with Crippen LogP contribution in [0.2, 0.25) is 5.15 Å². The number of nitrogens with zero attached hydrogens (tertiary/aromatic N) is 1. The quantitative estimate of drug-likeness (QED) is 0.811. The maximum absolute atomic E-state index is 6.12. The summed E-state index contributed by atoms with van der Waals surface area (Å²) in [6.07, 6.45) is 2.82. The Morgan fingerprint density at radius 2 is 2.17 bits per heavy atom. The monoisotopic (exact) mass is 280 g/mol. The highest BCUT2D eigenvalue weighted by Gasteiger charge is 2.12. The van der Waals surface area contributed by atoms with Gasteiger partial charge in [0.1, 0.15) is 0 Å². The van der Waals surface area contributed by atoms with Gasteiger partial charge in [-0.3, -0.25) is 0 Å². The molecule has 0 aliphatic heterocycles. The van der Waals surface area contributed by atoms with E-state index in [9.17, 15) is 0 Å². The van der Waals surface area contributed by atoms with Crippen molar-refractivity contribution in [2.45, 2.75) is 33.2 Å². The maximum atomic E-state index is 6.12. The molecule has 0 amide bonds. The normalized spacial score (nSPS) is 12.4. The number of pyridine rings is 1. The highest BCUT2D eigenvalue weighted by molar-refractivity contribution is 7.12. The molecule has 4 heteroatoms. The molecule has 0 saturated carbocycles. The Morgan fingerprint density at radius 3 is 2.78 bits per heavy atom. The summed E-state index contributed by atoms with van der Waals surface area (Å²) in [6.45, 7) is 6.36. The third-order valence-corrected chi connectivity index (χ3v) is 4.63. The molecule has 0 saturated heterocycles. The highest BCUT2D eigenvalue weighted by Crippen LogP contribution is 2.30.